The van der Waals surface area contributed by atoms with Gasteiger partial charge in [-0.3, -0.25) is 9.59 Å². The molecular formula is C87H109Cl4LiN26O12. The number of primary amides is 2. The number of ether oxygens (including phenoxy) is 3. The third-order valence-electron chi connectivity index (χ3n) is 16.6. The van der Waals surface area contributed by atoms with E-state index >= 15 is 0 Å². The number of aromatic nitrogens is 10. The number of benzene rings is 5. The number of esters is 2. The molecule has 10 aromatic rings. The van der Waals surface area contributed by atoms with Gasteiger partial charge in [-0.15, -0.1) is 0 Å². The van der Waals surface area contributed by atoms with E-state index in [1.165, 1.54) is 37.6 Å². The number of aliphatic hydroxyl groups excluding tert-OH is 2. The number of hydrogen-bond acceptors (Lipinski definition) is 35. The Bertz CT molecular complexity index is 5300. The third-order valence-corrected chi connectivity index (χ3v) is 17.5. The van der Waals surface area contributed by atoms with E-state index in [-0.39, 0.29) is 165 Å². The summed E-state index contributed by atoms with van der Waals surface area (Å²) < 4.78 is 14.3. The van der Waals surface area contributed by atoms with Crippen molar-refractivity contribution in [1.82, 2.24) is 49.8 Å². The van der Waals surface area contributed by atoms with Crippen LogP contribution in [0.2, 0.25) is 21.0 Å². The first-order valence-corrected chi connectivity index (χ1v) is 38.8. The molecule has 43 heteroatoms. The SMILES string of the molecule is C.C.C.C.C.CCOC(=O)c1cnc(Cl)nc1Cl.CCOC(=O)c1cnc(Cl)nc1Nc1cccc(C#N)c1.CO.Cc1ncc(C(N)=O)c(Nc2cccc(C#N)c2)n1.N#Cc1cccc(N)c1.N#Cc1cccc(Nc2nc(Cl)ncc2C(=O)O)c1.N#Cc1cccc(Nc2nc(NC3CCCC[C@@H]3N)ncc2C(N)=O)c1.N[C@@H]1CCCC[C@@H]1N.OC1CCCO1.[Li+].[OH-]. The third kappa shape index (κ3) is 42.5. The van der Waals surface area contributed by atoms with Crippen molar-refractivity contribution in [3.63, 3.8) is 0 Å². The van der Waals surface area contributed by atoms with Crippen molar-refractivity contribution in [1.29, 1.82) is 26.3 Å². The predicted molar refractivity (Wildman–Crippen MR) is 497 cm³/mol. The number of nitrogens with two attached hydrogens (primary N) is 6. The monoisotopic (exact) mass is 1860 g/mol. The fraction of sp³-hybridized carbons (Fsp3) is 0.310. The molecule has 130 heavy (non-hydrogen) atoms. The van der Waals surface area contributed by atoms with E-state index in [0.29, 0.717) is 73.8 Å². The molecule has 2 amide bonds. The van der Waals surface area contributed by atoms with E-state index in [1.807, 2.05) is 24.3 Å². The largest absolute Gasteiger partial charge is 1.00 e. The van der Waals surface area contributed by atoms with Crippen LogP contribution in [0.5, 0.6) is 0 Å². The van der Waals surface area contributed by atoms with Gasteiger partial charge in [-0.2, -0.15) is 41.3 Å². The summed E-state index contributed by atoms with van der Waals surface area (Å²) in [6.45, 7) is 6.37. The van der Waals surface area contributed by atoms with Crippen LogP contribution >= 0.6 is 46.4 Å². The minimum Gasteiger partial charge on any atom is -0.870 e. The number of carbonyl (C=O) groups excluding carboxylic acids is 4. The number of amides is 2. The zero-order valence-electron chi connectivity index (χ0n) is 68.3. The summed E-state index contributed by atoms with van der Waals surface area (Å²) >= 11 is 22.5. The predicted octanol–water partition coefficient (Wildman–Crippen LogP) is 11.8. The van der Waals surface area contributed by atoms with Crippen molar-refractivity contribution in [2.24, 2.45) is 28.7 Å². The Morgan fingerprint density at radius 1 is 0.469 bits per heavy atom. The number of hydrogen-bond donors (Lipinski definition) is 14. The normalized spacial score (nSPS) is 13.9. The van der Waals surface area contributed by atoms with Crippen molar-refractivity contribution in [3.05, 3.63) is 235 Å². The second-order valence-corrected chi connectivity index (χ2v) is 26.9. The number of carbonyl (C=O) groups is 5. The smallest absolute Gasteiger partial charge is 0.870 e. The molecular weight excluding hydrogens is 1750 g/mol. The number of halogens is 4. The molecule has 2 unspecified atom stereocenters. The van der Waals surface area contributed by atoms with E-state index in [1.54, 1.807) is 142 Å². The second-order valence-electron chi connectivity index (χ2n) is 25.5. The van der Waals surface area contributed by atoms with Crippen molar-refractivity contribution in [2.45, 2.75) is 153 Å². The summed E-state index contributed by atoms with van der Waals surface area (Å²) in [5.41, 5.74) is 39.7. The summed E-state index contributed by atoms with van der Waals surface area (Å²) in [6.07, 6.45) is 16.7. The number of nitrogens with zero attached hydrogens (tertiary/aromatic N) is 15. The van der Waals surface area contributed by atoms with Crippen LogP contribution in [0.25, 0.3) is 0 Å². The number of carboxylic acids is 1. The Balaban J connectivity index is -0.00000145. The van der Waals surface area contributed by atoms with Gasteiger partial charge in [0.2, 0.25) is 21.8 Å². The standard InChI is InChI=1S/C18H21N7O.C14H11ClN4O2.C13H11N5O.C12H7ClN4O2.C7H6Cl2N2O2.C7H6N2.C6H14N2.C4H8O2.CH4O.5CH4.Li.H2O/c19-9-11-4-3-5-12(8-11)23-17-13(16(21)26)10-22-18(25-17)24-15-7-2-1-6-14(15)20;1-2-21-13(20)11-8-17-14(15)19-12(11)18-10-5-3-4-9(6-10)7-16;1-8-16-7-11(12(15)19)13(17-8)18-10-4-2-3-9(5-10)6-14;13-12-15-6-9(11(18)19)10(17-12)16-8-3-1-2-7(4-8)5-14;1-2-13-6(12)4-3-10-7(9)11-5(4)8;8-5-6-2-1-3-7(9)4-6;7-5-3-1-2-4-6(5)8;5-4-2-1-3-6-4;1-2;;;;;;;/h3-5,8,10,14-15H,1-2,6-7,20H2,(H2,21,26)(H2,22,23,24,25);3-6,8H,2H2,1H3,(H,17,18,19);2-5,7H,1H3,(H2,15,19)(H,16,17,18);1-4,6H,(H,18,19)(H,15,16,17);3H,2H2,1H3;1-4H,9H2;5-6H,1-4,7-8H2;4-5H,1-3H2;2H,1H3;5*1H4;;1H2/q;;;;;;;;;;;;;;+1;/p-1/t14-,15?;;;;;;5-,6+;;;;;;;;;/m0.............../s1. The molecule has 0 bridgehead atoms. The summed E-state index contributed by atoms with van der Waals surface area (Å²) in [4.78, 5) is 96.1. The maximum Gasteiger partial charge on any atom is 1.00 e. The Hall–Kier alpha value is -13.4. The van der Waals surface area contributed by atoms with Gasteiger partial charge < -0.3 is 96.0 Å². The van der Waals surface area contributed by atoms with Crippen LogP contribution in [0.15, 0.2) is 152 Å². The number of aliphatic hydroxyl groups is 2. The van der Waals surface area contributed by atoms with Crippen molar-refractivity contribution < 1.29 is 77.8 Å². The van der Waals surface area contributed by atoms with Crippen LogP contribution in [-0.2, 0) is 14.2 Å². The van der Waals surface area contributed by atoms with Gasteiger partial charge >= 0.3 is 36.8 Å². The van der Waals surface area contributed by atoms with Crippen LogP contribution in [0.3, 0.4) is 0 Å². The van der Waals surface area contributed by atoms with Gasteiger partial charge in [0.15, 0.2) is 6.29 Å². The molecule has 21 N–H and O–H groups in total. The van der Waals surface area contributed by atoms with Crippen molar-refractivity contribution in [3.8, 4) is 30.3 Å². The minimum absolute atomic E-state index is 0. The Kier molecular flexibility index (Phi) is 60.5. The molecule has 5 aromatic carbocycles. The Labute approximate surface area is 788 Å². The first-order chi connectivity index (χ1) is 59.1. The average Bonchev–Trinajstić information content (AvgIpc) is 0.844. The van der Waals surface area contributed by atoms with E-state index in [4.69, 9.17) is 137 Å². The molecule has 5 atom stereocenters. The van der Waals surface area contributed by atoms with E-state index in [2.05, 4.69) is 82.5 Å². The minimum atomic E-state index is -1.17. The first-order valence-electron chi connectivity index (χ1n) is 37.3. The van der Waals surface area contributed by atoms with Gasteiger partial charge in [0.05, 0.1) is 71.4 Å². The number of anilines is 10. The number of nitrogens with one attached hydrogen (secondary N) is 5. The maximum atomic E-state index is 11.9. The number of nitrogen functional groups attached to an aromatic ring is 1. The van der Waals surface area contributed by atoms with Crippen LogP contribution in [0.4, 0.5) is 57.7 Å². The second kappa shape index (κ2) is 65.2. The number of nitriles is 5. The number of aromatic carboxylic acids is 1. The van der Waals surface area contributed by atoms with Gasteiger partial charge in [0, 0.05) is 104 Å². The topological polar surface area (TPSA) is 668 Å². The molecule has 0 radical (unpaired) electrons. The van der Waals surface area contributed by atoms with Gasteiger partial charge in [-0.25, -0.2) is 49.3 Å². The molecule has 38 nitrogen and oxygen atoms in total. The average molecular weight is 1860 g/mol. The summed E-state index contributed by atoms with van der Waals surface area (Å²) in [7, 11) is 1.00. The van der Waals surface area contributed by atoms with Crippen LogP contribution in [-0.4, -0.2) is 158 Å². The van der Waals surface area contributed by atoms with E-state index < -0.39 is 36.0 Å². The summed E-state index contributed by atoms with van der Waals surface area (Å²) in [5, 5.41) is 83.4. The molecule has 2 saturated carbocycles. The fourth-order valence-electron chi connectivity index (χ4n) is 10.7. The number of rotatable bonds is 17. The molecule has 688 valence electrons. The fourth-order valence-corrected chi connectivity index (χ4v) is 11.3. The number of aryl methyl sites for hydroxylation is 1. The summed E-state index contributed by atoms with van der Waals surface area (Å²) in [5.74, 6) is -1.70. The van der Waals surface area contributed by atoms with Gasteiger partial charge in [-0.1, -0.05) is 105 Å². The summed E-state index contributed by atoms with van der Waals surface area (Å²) in [6, 6.07) is 44.7. The first kappa shape index (κ1) is 121. The van der Waals surface area contributed by atoms with Crippen LogP contribution in [0, 0.1) is 63.6 Å². The quantitative estimate of drug-likeness (QED) is 0.0132. The maximum absolute atomic E-state index is 11.9. The molecule has 1 saturated heterocycles. The molecule has 13 rings (SSSR count). The molecule has 3 fully saturated rings. The molecule has 6 heterocycles. The molecule has 1 aliphatic heterocycles. The van der Waals surface area contributed by atoms with Gasteiger partial charge in [0.25, 0.3) is 11.8 Å². The van der Waals surface area contributed by atoms with E-state index in [0.717, 1.165) is 71.3 Å². The zero-order chi connectivity index (χ0) is 90.3. The zero-order valence-corrected chi connectivity index (χ0v) is 71.3. The molecule has 0 spiro atoms. The van der Waals surface area contributed by atoms with Crippen molar-refractivity contribution >= 4 is 134 Å². The Morgan fingerprint density at radius 2 is 0.815 bits per heavy atom. The van der Waals surface area contributed by atoms with Crippen LogP contribution < -0.4 is 79.8 Å². The van der Waals surface area contributed by atoms with Crippen LogP contribution in [0.1, 0.15) is 201 Å². The Morgan fingerprint density at radius 3 is 1.16 bits per heavy atom. The van der Waals surface area contributed by atoms with Crippen molar-refractivity contribution in [2.75, 3.05) is 59.2 Å². The number of carboxylic acid groups (broad SMARTS) is 1. The van der Waals surface area contributed by atoms with Gasteiger partial charge in [0.1, 0.15) is 62.1 Å². The van der Waals surface area contributed by atoms with Gasteiger partial charge in [-0.05, 0) is 179 Å². The molecule has 2 aliphatic carbocycles. The molecule has 5 aromatic heterocycles. The van der Waals surface area contributed by atoms with E-state index in [9.17, 15) is 24.0 Å². The molecule has 3 aliphatic rings.